The lowest BCUT2D eigenvalue weighted by Gasteiger charge is -2.32. The summed E-state index contributed by atoms with van der Waals surface area (Å²) in [5, 5.41) is 46.1. The molecule has 1 saturated heterocycles. The molecule has 10 atom stereocenters. The van der Waals surface area contributed by atoms with Crippen LogP contribution in [-0.2, 0) is 27.2 Å². The minimum Gasteiger partial charge on any atom is -0.390 e. The normalized spacial score (nSPS) is 42.2. The van der Waals surface area contributed by atoms with Gasteiger partial charge in [0.25, 0.3) is 5.82 Å². The van der Waals surface area contributed by atoms with Crippen molar-refractivity contribution in [3.05, 3.63) is 12.7 Å². The van der Waals surface area contributed by atoms with E-state index in [2.05, 4.69) is 24.9 Å². The minimum absolute atomic E-state index is 0.00832. The van der Waals surface area contributed by atoms with Gasteiger partial charge in [-0.1, -0.05) is 10.2 Å². The fraction of sp³-hybridized carbons (Fsp3) is 0.722. The van der Waals surface area contributed by atoms with Gasteiger partial charge in [-0.05, 0) is 12.8 Å². The van der Waals surface area contributed by atoms with Crippen molar-refractivity contribution in [1.82, 2.24) is 20.0 Å². The summed E-state index contributed by atoms with van der Waals surface area (Å²) < 4.78 is 47.4. The van der Waals surface area contributed by atoms with E-state index in [9.17, 15) is 39.3 Å². The van der Waals surface area contributed by atoms with Crippen molar-refractivity contribution in [2.24, 2.45) is 10.6 Å². The highest BCUT2D eigenvalue weighted by molar-refractivity contribution is 7.61. The van der Waals surface area contributed by atoms with Gasteiger partial charge in [-0.2, -0.15) is 15.3 Å². The van der Waals surface area contributed by atoms with Crippen LogP contribution in [0.3, 0.4) is 0 Å². The van der Waals surface area contributed by atoms with Crippen LogP contribution in [0, 0.1) is 10.9 Å². The lowest BCUT2D eigenvalue weighted by atomic mass is 9.81. The Morgan fingerprint density at radius 3 is 2.60 bits per heavy atom. The van der Waals surface area contributed by atoms with Crippen LogP contribution < -0.4 is 15.7 Å². The van der Waals surface area contributed by atoms with Crippen LogP contribution >= 0.6 is 15.6 Å². The molecule has 22 heteroatoms. The molecule has 2 unspecified atom stereocenters. The predicted octanol–water partition coefficient (Wildman–Crippen LogP) is -2.22. The molecule has 6 rings (SSSR count). The summed E-state index contributed by atoms with van der Waals surface area (Å²) in [6, 6.07) is -0.974. The lowest BCUT2D eigenvalue weighted by Crippen LogP contribution is -2.48. The summed E-state index contributed by atoms with van der Waals surface area (Å²) >= 11 is 0. The zero-order valence-electron chi connectivity index (χ0n) is 20.5. The number of ether oxygens (including phenoxy) is 1. The topological polar surface area (TPSA) is 303 Å². The molecule has 1 radical (unpaired) electrons. The molecule has 0 aromatic carbocycles. The Balaban J connectivity index is 1.60. The first kappa shape index (κ1) is 29.3. The summed E-state index contributed by atoms with van der Waals surface area (Å²) in [6.07, 6.45) is -6.73. The maximum Gasteiger partial charge on any atom is 0.481 e. The number of phosphoric acid groups is 2. The molecule has 221 valence electrons. The molecule has 4 aliphatic rings. The molecule has 2 aromatic heterocycles. The zero-order valence-corrected chi connectivity index (χ0v) is 22.3. The first-order valence-corrected chi connectivity index (χ1v) is 14.9. The molecule has 8 bridgehead atoms. The van der Waals surface area contributed by atoms with E-state index in [-0.39, 0.29) is 36.4 Å². The Morgan fingerprint density at radius 1 is 1.15 bits per heavy atom. The largest absolute Gasteiger partial charge is 0.481 e. The van der Waals surface area contributed by atoms with Gasteiger partial charge in [-0.15, -0.1) is 0 Å². The van der Waals surface area contributed by atoms with E-state index in [1.54, 1.807) is 0 Å². The molecular weight excluding hydrogens is 582 g/mol. The maximum absolute atomic E-state index is 12.6. The predicted molar refractivity (Wildman–Crippen MR) is 126 cm³/mol. The van der Waals surface area contributed by atoms with Crippen molar-refractivity contribution < 1.29 is 62.0 Å². The Morgan fingerprint density at radius 2 is 1.88 bits per heavy atom. The summed E-state index contributed by atoms with van der Waals surface area (Å²) in [5.41, 5.74) is 15.6. The Bertz CT molecular complexity index is 1380. The van der Waals surface area contributed by atoms with Gasteiger partial charge in [0.05, 0.1) is 25.9 Å². The lowest BCUT2D eigenvalue weighted by molar-refractivity contribution is -0.717. The summed E-state index contributed by atoms with van der Waals surface area (Å²) in [6.45, 7) is -1.76. The number of phosphoric ester groups is 2. The number of aromatic nitrogens is 4. The molecule has 1 aliphatic carbocycles. The Labute approximate surface area is 225 Å². The second-order valence-electron chi connectivity index (χ2n) is 9.78. The number of hydrogen-bond donors (Lipinski definition) is 8. The molecule has 0 amide bonds. The van der Waals surface area contributed by atoms with Crippen molar-refractivity contribution >= 4 is 32.6 Å². The second kappa shape index (κ2) is 10.6. The van der Waals surface area contributed by atoms with Gasteiger partial charge in [-0.3, -0.25) is 13.6 Å². The number of hydrogen-bond acceptors (Lipinski definition) is 15. The number of imidazole rings is 1. The third kappa shape index (κ3) is 5.15. The number of fused-ring (bicyclic) bond motifs is 7. The molecule has 9 N–H and O–H groups in total. The van der Waals surface area contributed by atoms with Gasteiger partial charge in [0, 0.05) is 5.41 Å². The van der Waals surface area contributed by atoms with E-state index in [0.29, 0.717) is 0 Å². The number of nitrogens with two attached hydrogens (primary N) is 1. The van der Waals surface area contributed by atoms with Crippen LogP contribution in [0.2, 0.25) is 0 Å². The van der Waals surface area contributed by atoms with E-state index in [4.69, 9.17) is 25.0 Å². The van der Waals surface area contributed by atoms with Gasteiger partial charge in [0.1, 0.15) is 36.8 Å². The fourth-order valence-corrected chi connectivity index (χ4v) is 7.53. The zero-order chi connectivity index (χ0) is 29.0. The molecular formula is C18H28N8O12P2+. The van der Waals surface area contributed by atoms with Crippen LogP contribution in [-0.4, -0.2) is 95.0 Å². The number of anilines is 1. The standard InChI is InChI=1S/C18H27N8O12P2/c19-15-10-16-22-7-25(15)8-3-18(1-2-23-24-20,14(30)11(8)27)5-36-40(33,34)38-39(31,32)35-4-9-12(28)13(29)17(37-9)26(16)6-21-10/h6-9,11-14,17,19-20,27-30H,1-5H2,(H2,31,32,33,34)/p+1/t8-,9-,11+,12-,13-,14+,17-,18-/m1/s1. The van der Waals surface area contributed by atoms with Gasteiger partial charge < -0.3 is 40.7 Å². The van der Waals surface area contributed by atoms with Crippen molar-refractivity contribution in [3.63, 3.8) is 0 Å². The monoisotopic (exact) mass is 610 g/mol. The quantitative estimate of drug-likeness (QED) is 0.0597. The summed E-state index contributed by atoms with van der Waals surface area (Å²) in [4.78, 5) is 28.8. The van der Waals surface area contributed by atoms with Gasteiger partial charge in [0.2, 0.25) is 12.0 Å². The highest BCUT2D eigenvalue weighted by Gasteiger charge is 2.56. The first-order valence-electron chi connectivity index (χ1n) is 11.9. The van der Waals surface area contributed by atoms with Crippen molar-refractivity contribution in [2.45, 2.75) is 55.6 Å². The van der Waals surface area contributed by atoms with E-state index in [0.717, 1.165) is 0 Å². The van der Waals surface area contributed by atoms with E-state index < -0.39 is 77.1 Å². The van der Waals surface area contributed by atoms with Crippen LogP contribution in [0.5, 0.6) is 0 Å². The summed E-state index contributed by atoms with van der Waals surface area (Å²) in [7, 11) is -10.6. The third-order valence-electron chi connectivity index (χ3n) is 7.43. The van der Waals surface area contributed by atoms with E-state index in [1.165, 1.54) is 21.8 Å². The minimum atomic E-state index is -5.34. The second-order valence-corrected chi connectivity index (χ2v) is 12.8. The number of aliphatic hydroxyl groups excluding tert-OH is 4. The Kier molecular flexibility index (Phi) is 7.75. The average molecular weight is 610 g/mol. The van der Waals surface area contributed by atoms with Crippen molar-refractivity contribution in [2.75, 3.05) is 25.5 Å². The first-order chi connectivity index (χ1) is 18.8. The fourth-order valence-electron chi connectivity index (χ4n) is 5.35. The van der Waals surface area contributed by atoms with Crippen molar-refractivity contribution in [1.29, 1.82) is 5.53 Å². The molecule has 2 aromatic rings. The molecule has 2 fully saturated rings. The molecule has 5 heterocycles. The van der Waals surface area contributed by atoms with Crippen LogP contribution in [0.4, 0.5) is 5.82 Å². The highest BCUT2D eigenvalue weighted by atomic mass is 31.3. The number of nitrogens with zero attached hydrogens (tertiary/aromatic N) is 6. The molecule has 40 heavy (non-hydrogen) atoms. The third-order valence-corrected chi connectivity index (χ3v) is 10.0. The molecule has 1 saturated carbocycles. The van der Waals surface area contributed by atoms with Crippen LogP contribution in [0.15, 0.2) is 17.9 Å². The van der Waals surface area contributed by atoms with Gasteiger partial charge in [0.15, 0.2) is 11.7 Å². The molecule has 3 aliphatic heterocycles. The summed E-state index contributed by atoms with van der Waals surface area (Å²) in [5.74, 6) is 0.00832. The Hall–Kier alpha value is -2.19. The molecule has 0 spiro atoms. The number of rotatable bonds is 4. The van der Waals surface area contributed by atoms with E-state index >= 15 is 0 Å². The number of nitrogen functional groups attached to an aromatic ring is 1. The highest BCUT2D eigenvalue weighted by Crippen LogP contribution is 2.62. The van der Waals surface area contributed by atoms with Gasteiger partial charge in [-0.25, -0.2) is 18.7 Å². The van der Waals surface area contributed by atoms with Crippen molar-refractivity contribution in [3.8, 4) is 0 Å². The van der Waals surface area contributed by atoms with Gasteiger partial charge >= 0.3 is 15.6 Å². The average Bonchev–Trinajstić information content (AvgIpc) is 3.51. The van der Waals surface area contributed by atoms with E-state index in [1.807, 2.05) is 0 Å². The smallest absolute Gasteiger partial charge is 0.390 e. The van der Waals surface area contributed by atoms with Crippen LogP contribution in [0.25, 0.3) is 11.2 Å². The number of nitrogens with one attached hydrogen (secondary N) is 1. The number of aliphatic hydroxyl groups is 4. The maximum atomic E-state index is 12.6. The SMILES string of the molecule is N=N[N]CC[C@]12COP(=O)(O)OP(=O)(O)OC[C@H]3O[C@H]([C@H](O)[C@@H]3O)n3cnc4c(N)[n+](cnc43)[C@H](C1)[C@H](O)[C@@H]2O. The van der Waals surface area contributed by atoms with Crippen LogP contribution in [0.1, 0.15) is 25.1 Å². The molecule has 20 nitrogen and oxygen atoms in total.